The lowest BCUT2D eigenvalue weighted by Crippen LogP contribution is -2.40. The number of halogens is 1. The molecule has 4 aromatic rings. The Kier molecular flexibility index (Phi) is 4.59. The first kappa shape index (κ1) is 21.6. The fraction of sp³-hybridized carbons (Fsp3) is 0.393. The van der Waals surface area contributed by atoms with Crippen LogP contribution < -0.4 is 0 Å². The smallest absolute Gasteiger partial charge is 0.229 e. The molecule has 3 N–H and O–H groups in total. The lowest BCUT2D eigenvalue weighted by Gasteiger charge is -2.29. The number of aromatic nitrogens is 4. The second-order valence-electron chi connectivity index (χ2n) is 10.6. The third kappa shape index (κ3) is 3.13. The average molecular weight is 486 g/mol. The summed E-state index contributed by atoms with van der Waals surface area (Å²) in [4.78, 5) is 23.6. The molecule has 7 rings (SSSR count). The molecule has 0 saturated heterocycles. The number of nitrogens with zero attached hydrogens (tertiary/aromatic N) is 3. The molecule has 0 radical (unpaired) electrons. The van der Waals surface area contributed by atoms with E-state index in [0.717, 1.165) is 70.5 Å². The van der Waals surface area contributed by atoms with Gasteiger partial charge in [-0.25, -0.2) is 9.37 Å². The van der Waals surface area contributed by atoms with Crippen LogP contribution in [0.1, 0.15) is 49.6 Å². The van der Waals surface area contributed by atoms with E-state index >= 15 is 0 Å². The number of nitrogens with one attached hydrogen (secondary N) is 2. The SMILES string of the molecule is CCc1cc(O)c(F)cc1-c1ccc2c(-c3nc4c([nH]3)CN(C(=O)[C@@]35CCC[C@@H]3C5)CC4)n[nH]c2c1. The minimum absolute atomic E-state index is 0.0610. The van der Waals surface area contributed by atoms with Crippen LogP contribution in [-0.4, -0.2) is 42.6 Å². The first-order valence-electron chi connectivity index (χ1n) is 12.8. The Morgan fingerprint density at radius 2 is 2.19 bits per heavy atom. The van der Waals surface area contributed by atoms with E-state index in [0.29, 0.717) is 30.6 Å². The molecule has 1 amide bonds. The molecule has 36 heavy (non-hydrogen) atoms. The van der Waals surface area contributed by atoms with Gasteiger partial charge < -0.3 is 15.0 Å². The number of phenols is 1. The van der Waals surface area contributed by atoms with Gasteiger partial charge in [-0.15, -0.1) is 0 Å². The van der Waals surface area contributed by atoms with Crippen molar-refractivity contribution in [3.8, 4) is 28.4 Å². The number of benzene rings is 2. The van der Waals surface area contributed by atoms with Crippen molar-refractivity contribution in [2.75, 3.05) is 6.54 Å². The monoisotopic (exact) mass is 485 g/mol. The van der Waals surface area contributed by atoms with E-state index < -0.39 is 5.82 Å². The van der Waals surface area contributed by atoms with Gasteiger partial charge in [0.2, 0.25) is 5.91 Å². The van der Waals surface area contributed by atoms with Gasteiger partial charge in [-0.1, -0.05) is 19.4 Å². The van der Waals surface area contributed by atoms with Crippen LogP contribution in [0.2, 0.25) is 0 Å². The van der Waals surface area contributed by atoms with Gasteiger partial charge in [0.05, 0.1) is 28.9 Å². The minimum atomic E-state index is -0.633. The summed E-state index contributed by atoms with van der Waals surface area (Å²) in [7, 11) is 0. The Balaban J connectivity index is 1.18. The van der Waals surface area contributed by atoms with Crippen LogP contribution in [0.3, 0.4) is 0 Å². The van der Waals surface area contributed by atoms with Crippen LogP contribution in [0.5, 0.6) is 5.75 Å². The lowest BCUT2D eigenvalue weighted by atomic mass is 9.96. The van der Waals surface area contributed by atoms with Crippen molar-refractivity contribution in [3.63, 3.8) is 0 Å². The summed E-state index contributed by atoms with van der Waals surface area (Å²) in [6.45, 7) is 3.28. The van der Waals surface area contributed by atoms with Gasteiger partial charge in [0, 0.05) is 18.4 Å². The Morgan fingerprint density at radius 3 is 2.97 bits per heavy atom. The number of aromatic amines is 2. The van der Waals surface area contributed by atoms with E-state index in [1.54, 1.807) is 0 Å². The number of hydrogen-bond donors (Lipinski definition) is 3. The van der Waals surface area contributed by atoms with E-state index in [1.165, 1.54) is 25.0 Å². The van der Waals surface area contributed by atoms with E-state index in [-0.39, 0.29) is 11.2 Å². The molecular formula is C28H28FN5O2. The maximum absolute atomic E-state index is 14.1. The number of H-pyrrole nitrogens is 2. The van der Waals surface area contributed by atoms with Crippen molar-refractivity contribution in [1.82, 2.24) is 25.1 Å². The van der Waals surface area contributed by atoms with Crippen molar-refractivity contribution >= 4 is 16.8 Å². The topological polar surface area (TPSA) is 97.9 Å². The zero-order valence-corrected chi connectivity index (χ0v) is 20.2. The third-order valence-corrected chi connectivity index (χ3v) is 8.60. The molecule has 3 aliphatic rings. The lowest BCUT2D eigenvalue weighted by molar-refractivity contribution is -0.138. The standard InChI is InChI=1S/C28H28FN5O2/c1-2-15-11-24(35)20(29)12-19(15)16-5-6-18-22(10-16)32-33-25(18)26-30-21-7-9-34(14-23(21)31-26)27(36)28-8-3-4-17(28)13-28/h5-6,10-12,17,35H,2-4,7-9,13-14H2,1H3,(H,30,31)(H,32,33)/t17-,28-/m1/s1. The van der Waals surface area contributed by atoms with Gasteiger partial charge in [0.25, 0.3) is 0 Å². The van der Waals surface area contributed by atoms with Crippen LogP contribution in [-0.2, 0) is 24.2 Å². The van der Waals surface area contributed by atoms with Gasteiger partial charge >= 0.3 is 0 Å². The highest BCUT2D eigenvalue weighted by atomic mass is 19.1. The maximum Gasteiger partial charge on any atom is 0.229 e. The number of hydrogen-bond acceptors (Lipinski definition) is 4. The molecule has 2 saturated carbocycles. The molecular weight excluding hydrogens is 457 g/mol. The predicted octanol–water partition coefficient (Wildman–Crippen LogP) is 5.10. The summed E-state index contributed by atoms with van der Waals surface area (Å²) in [5, 5.41) is 18.3. The van der Waals surface area contributed by atoms with Crippen LogP contribution in [0.15, 0.2) is 30.3 Å². The van der Waals surface area contributed by atoms with Gasteiger partial charge in [0.15, 0.2) is 17.4 Å². The number of amides is 1. The molecule has 2 aliphatic carbocycles. The Morgan fingerprint density at radius 1 is 1.31 bits per heavy atom. The van der Waals surface area contributed by atoms with Crippen molar-refractivity contribution in [2.24, 2.45) is 11.3 Å². The van der Waals surface area contributed by atoms with Crippen LogP contribution in [0.4, 0.5) is 4.39 Å². The summed E-state index contributed by atoms with van der Waals surface area (Å²) in [6, 6.07) is 8.74. The van der Waals surface area contributed by atoms with E-state index in [2.05, 4.69) is 15.2 Å². The van der Waals surface area contributed by atoms with Gasteiger partial charge in [0.1, 0.15) is 5.69 Å². The van der Waals surface area contributed by atoms with E-state index in [4.69, 9.17) is 4.98 Å². The largest absolute Gasteiger partial charge is 0.505 e. The normalized spacial score (nSPS) is 22.6. The summed E-state index contributed by atoms with van der Waals surface area (Å²) in [5.74, 6) is 0.673. The van der Waals surface area contributed by atoms with Gasteiger partial charge in [-0.2, -0.15) is 5.10 Å². The molecule has 0 bridgehead atoms. The molecule has 8 heteroatoms. The molecule has 3 heterocycles. The van der Waals surface area contributed by atoms with E-state index in [1.807, 2.05) is 30.0 Å². The first-order chi connectivity index (χ1) is 17.5. The highest BCUT2D eigenvalue weighted by Gasteiger charge is 2.63. The number of fused-ring (bicyclic) bond motifs is 3. The third-order valence-electron chi connectivity index (χ3n) is 8.60. The fourth-order valence-corrected chi connectivity index (χ4v) is 6.53. The number of imidazole rings is 1. The minimum Gasteiger partial charge on any atom is -0.505 e. The highest BCUT2D eigenvalue weighted by Crippen LogP contribution is 2.64. The molecule has 7 nitrogen and oxygen atoms in total. The number of rotatable bonds is 4. The Hall–Kier alpha value is -3.68. The molecule has 0 unspecified atom stereocenters. The second kappa shape index (κ2) is 7.66. The predicted molar refractivity (Wildman–Crippen MR) is 134 cm³/mol. The number of carbonyl (C=O) groups excluding carboxylic acids is 1. The quantitative estimate of drug-likeness (QED) is 0.375. The molecule has 2 aromatic carbocycles. The van der Waals surface area contributed by atoms with Crippen LogP contribution >= 0.6 is 0 Å². The van der Waals surface area contributed by atoms with Gasteiger partial charge in [-0.3, -0.25) is 9.89 Å². The molecule has 2 atom stereocenters. The molecule has 2 fully saturated rings. The molecule has 2 aromatic heterocycles. The van der Waals surface area contributed by atoms with E-state index in [9.17, 15) is 14.3 Å². The number of aryl methyl sites for hydroxylation is 1. The average Bonchev–Trinajstić information content (AvgIpc) is 3.25. The molecule has 1 aliphatic heterocycles. The summed E-state index contributed by atoms with van der Waals surface area (Å²) in [5.41, 5.74) is 5.98. The van der Waals surface area contributed by atoms with Crippen molar-refractivity contribution in [2.45, 2.75) is 52.0 Å². The summed E-state index contributed by atoms with van der Waals surface area (Å²) >= 11 is 0. The van der Waals surface area contributed by atoms with Crippen molar-refractivity contribution < 1.29 is 14.3 Å². The zero-order valence-electron chi connectivity index (χ0n) is 20.2. The molecule has 184 valence electrons. The maximum atomic E-state index is 14.1. The number of phenolic OH excluding ortho intramolecular Hbond substituents is 1. The molecule has 0 spiro atoms. The fourth-order valence-electron chi connectivity index (χ4n) is 6.53. The second-order valence-corrected chi connectivity index (χ2v) is 10.6. The summed E-state index contributed by atoms with van der Waals surface area (Å²) < 4.78 is 14.1. The highest BCUT2D eigenvalue weighted by molar-refractivity contribution is 5.94. The van der Waals surface area contributed by atoms with Crippen molar-refractivity contribution in [1.29, 1.82) is 0 Å². The first-order valence-corrected chi connectivity index (χ1v) is 12.8. The number of carbonyl (C=O) groups is 1. The number of aromatic hydroxyl groups is 1. The summed E-state index contributed by atoms with van der Waals surface area (Å²) in [6.07, 6.45) is 5.92. The van der Waals surface area contributed by atoms with Crippen LogP contribution in [0, 0.1) is 17.2 Å². The Bertz CT molecular complexity index is 1540. The van der Waals surface area contributed by atoms with Gasteiger partial charge in [-0.05, 0) is 72.6 Å². The Labute approximate surface area is 207 Å². The van der Waals surface area contributed by atoms with Crippen LogP contribution in [0.25, 0.3) is 33.5 Å². The van der Waals surface area contributed by atoms with Crippen molar-refractivity contribution in [3.05, 3.63) is 53.1 Å². The zero-order chi connectivity index (χ0) is 24.6.